The van der Waals surface area contributed by atoms with E-state index in [-0.39, 0.29) is 17.7 Å². The summed E-state index contributed by atoms with van der Waals surface area (Å²) in [6.07, 6.45) is 6.26. The second-order valence-electron chi connectivity index (χ2n) is 5.59. The van der Waals surface area contributed by atoms with E-state index in [0.717, 1.165) is 12.1 Å². The third-order valence-corrected chi connectivity index (χ3v) is 4.54. The Kier molecular flexibility index (Phi) is 2.88. The number of carbonyl (C=O) groups is 2. The minimum absolute atomic E-state index is 0.0109. The number of amides is 1. The summed E-state index contributed by atoms with van der Waals surface area (Å²) in [4.78, 5) is 23.8. The molecule has 1 heterocycles. The van der Waals surface area contributed by atoms with Crippen molar-refractivity contribution in [3.05, 3.63) is 24.0 Å². The van der Waals surface area contributed by atoms with Crippen LogP contribution in [-0.2, 0) is 16.6 Å². The van der Waals surface area contributed by atoms with Gasteiger partial charge in [0.1, 0.15) is 0 Å². The zero-order valence-electron chi connectivity index (χ0n) is 11.4. The Morgan fingerprint density at radius 1 is 1.35 bits per heavy atom. The number of carbonyl (C=O) groups excluding carboxylic acids is 1. The highest BCUT2D eigenvalue weighted by Crippen LogP contribution is 2.48. The van der Waals surface area contributed by atoms with Crippen molar-refractivity contribution in [2.24, 2.45) is 30.7 Å². The molecule has 4 unspecified atom stereocenters. The van der Waals surface area contributed by atoms with E-state index >= 15 is 0 Å². The molecule has 0 spiro atoms. The molecule has 4 atom stereocenters. The minimum Gasteiger partial charge on any atom is -0.481 e. The molecule has 1 amide bonds. The molecule has 1 aromatic heterocycles. The van der Waals surface area contributed by atoms with Gasteiger partial charge in [0.2, 0.25) is 5.91 Å². The van der Waals surface area contributed by atoms with Gasteiger partial charge >= 0.3 is 5.97 Å². The molecule has 0 saturated heterocycles. The Hall–Kier alpha value is -2.11. The molecule has 3 rings (SSSR count). The third kappa shape index (κ3) is 1.83. The van der Waals surface area contributed by atoms with Gasteiger partial charge in [-0.1, -0.05) is 12.2 Å². The molecule has 20 heavy (non-hydrogen) atoms. The molecule has 6 heteroatoms. The number of aryl methyl sites for hydroxylation is 1. The molecule has 6 nitrogen and oxygen atoms in total. The number of aromatic nitrogens is 2. The van der Waals surface area contributed by atoms with Crippen LogP contribution < -0.4 is 5.32 Å². The molecule has 2 aliphatic rings. The van der Waals surface area contributed by atoms with Crippen LogP contribution in [0, 0.1) is 30.6 Å². The van der Waals surface area contributed by atoms with E-state index in [1.165, 1.54) is 0 Å². The highest BCUT2D eigenvalue weighted by molar-refractivity contribution is 5.96. The zero-order valence-corrected chi connectivity index (χ0v) is 11.4. The minimum atomic E-state index is -0.884. The number of nitrogens with one attached hydrogen (secondary N) is 1. The van der Waals surface area contributed by atoms with Crippen molar-refractivity contribution in [1.29, 1.82) is 0 Å². The number of nitrogens with zero attached hydrogens (tertiary/aromatic N) is 2. The largest absolute Gasteiger partial charge is 0.481 e. The highest BCUT2D eigenvalue weighted by atomic mass is 16.4. The van der Waals surface area contributed by atoms with Gasteiger partial charge in [-0.05, 0) is 25.2 Å². The van der Waals surface area contributed by atoms with Gasteiger partial charge in [-0.25, -0.2) is 0 Å². The lowest BCUT2D eigenvalue weighted by atomic mass is 9.82. The van der Waals surface area contributed by atoms with Gasteiger partial charge in [0.15, 0.2) is 0 Å². The van der Waals surface area contributed by atoms with Crippen LogP contribution in [0.2, 0.25) is 0 Å². The van der Waals surface area contributed by atoms with Crippen LogP contribution in [0.3, 0.4) is 0 Å². The number of carboxylic acid groups (broad SMARTS) is 1. The van der Waals surface area contributed by atoms with Crippen molar-refractivity contribution >= 4 is 17.6 Å². The van der Waals surface area contributed by atoms with Crippen molar-refractivity contribution in [2.45, 2.75) is 13.3 Å². The lowest BCUT2D eigenvalue weighted by Crippen LogP contribution is -2.36. The van der Waals surface area contributed by atoms with Crippen LogP contribution in [0.1, 0.15) is 12.1 Å². The Morgan fingerprint density at radius 3 is 2.55 bits per heavy atom. The summed E-state index contributed by atoms with van der Waals surface area (Å²) in [5.41, 5.74) is 1.50. The maximum Gasteiger partial charge on any atom is 0.307 e. The van der Waals surface area contributed by atoms with E-state index in [1.54, 1.807) is 17.9 Å². The van der Waals surface area contributed by atoms with Gasteiger partial charge in [0, 0.05) is 7.05 Å². The Bertz CT molecular complexity index is 605. The van der Waals surface area contributed by atoms with Crippen LogP contribution in [-0.4, -0.2) is 26.8 Å². The zero-order chi connectivity index (χ0) is 14.4. The number of aliphatic carboxylic acids is 1. The molecule has 2 N–H and O–H groups in total. The molecule has 106 valence electrons. The van der Waals surface area contributed by atoms with E-state index < -0.39 is 17.8 Å². The molecule has 1 aromatic rings. The highest BCUT2D eigenvalue weighted by Gasteiger charge is 2.51. The fourth-order valence-electron chi connectivity index (χ4n) is 3.35. The van der Waals surface area contributed by atoms with Crippen molar-refractivity contribution in [3.8, 4) is 0 Å². The molecule has 2 aliphatic carbocycles. The number of rotatable bonds is 3. The van der Waals surface area contributed by atoms with E-state index in [0.29, 0.717) is 5.69 Å². The second kappa shape index (κ2) is 4.47. The number of anilines is 1. The average molecular weight is 275 g/mol. The van der Waals surface area contributed by atoms with Gasteiger partial charge in [-0.15, -0.1) is 0 Å². The number of allylic oxidation sites excluding steroid dienone is 2. The second-order valence-corrected chi connectivity index (χ2v) is 5.59. The normalized spacial score (nSPS) is 30.7. The first-order chi connectivity index (χ1) is 9.49. The lowest BCUT2D eigenvalue weighted by Gasteiger charge is -2.23. The predicted molar refractivity (Wildman–Crippen MR) is 71.9 cm³/mol. The molecule has 0 radical (unpaired) electrons. The summed E-state index contributed by atoms with van der Waals surface area (Å²) in [5, 5.41) is 16.2. The quantitative estimate of drug-likeness (QED) is 0.812. The maximum absolute atomic E-state index is 12.4. The standard InChI is InChI=1S/C14H17N3O3/c1-7-10(6-15-17(7)2)16-13(18)11-8-3-4-9(5-8)12(11)14(19)20/h3-4,6,8-9,11-12H,5H2,1-2H3,(H,16,18)(H,19,20). The van der Waals surface area contributed by atoms with Crippen molar-refractivity contribution < 1.29 is 14.7 Å². The molecule has 0 aromatic carbocycles. The van der Waals surface area contributed by atoms with Gasteiger partial charge in [0.25, 0.3) is 0 Å². The van der Waals surface area contributed by atoms with Crippen molar-refractivity contribution in [3.63, 3.8) is 0 Å². The fourth-order valence-corrected chi connectivity index (χ4v) is 3.35. The predicted octanol–water partition coefficient (Wildman–Crippen LogP) is 1.19. The first-order valence-electron chi connectivity index (χ1n) is 6.69. The van der Waals surface area contributed by atoms with E-state index in [9.17, 15) is 14.7 Å². The van der Waals surface area contributed by atoms with Crippen LogP contribution in [0.25, 0.3) is 0 Å². The van der Waals surface area contributed by atoms with Crippen molar-refractivity contribution in [2.75, 3.05) is 5.32 Å². The van der Waals surface area contributed by atoms with Crippen LogP contribution in [0.5, 0.6) is 0 Å². The summed E-state index contributed by atoms with van der Waals surface area (Å²) >= 11 is 0. The van der Waals surface area contributed by atoms with Gasteiger partial charge in [-0.2, -0.15) is 5.10 Å². The monoisotopic (exact) mass is 275 g/mol. The molecule has 2 bridgehead atoms. The summed E-state index contributed by atoms with van der Waals surface area (Å²) in [6.45, 7) is 1.86. The van der Waals surface area contributed by atoms with Gasteiger partial charge < -0.3 is 10.4 Å². The van der Waals surface area contributed by atoms with Crippen LogP contribution >= 0.6 is 0 Å². The van der Waals surface area contributed by atoms with Crippen LogP contribution in [0.15, 0.2) is 18.3 Å². The lowest BCUT2D eigenvalue weighted by molar-refractivity contribution is -0.146. The molecular formula is C14H17N3O3. The summed E-state index contributed by atoms with van der Waals surface area (Å²) in [5.74, 6) is -2.17. The Balaban J connectivity index is 1.82. The van der Waals surface area contributed by atoms with Crippen molar-refractivity contribution in [1.82, 2.24) is 9.78 Å². The molecular weight excluding hydrogens is 258 g/mol. The van der Waals surface area contributed by atoms with E-state index in [2.05, 4.69) is 10.4 Å². The summed E-state index contributed by atoms with van der Waals surface area (Å²) < 4.78 is 1.67. The van der Waals surface area contributed by atoms with E-state index in [4.69, 9.17) is 0 Å². The van der Waals surface area contributed by atoms with Gasteiger partial charge in [-0.3, -0.25) is 14.3 Å². The topological polar surface area (TPSA) is 84.2 Å². The van der Waals surface area contributed by atoms with Gasteiger partial charge in [0.05, 0.1) is 29.4 Å². The summed E-state index contributed by atoms with van der Waals surface area (Å²) in [7, 11) is 1.80. The number of carboxylic acids is 1. The summed E-state index contributed by atoms with van der Waals surface area (Å²) in [6, 6.07) is 0. The number of hydrogen-bond acceptors (Lipinski definition) is 3. The number of fused-ring (bicyclic) bond motifs is 2. The first kappa shape index (κ1) is 12.9. The fraction of sp³-hybridized carbons (Fsp3) is 0.500. The average Bonchev–Trinajstić information content (AvgIpc) is 3.08. The molecule has 1 fully saturated rings. The maximum atomic E-state index is 12.4. The first-order valence-corrected chi connectivity index (χ1v) is 6.69. The van der Waals surface area contributed by atoms with Crippen LogP contribution in [0.4, 0.5) is 5.69 Å². The number of hydrogen-bond donors (Lipinski definition) is 2. The Morgan fingerprint density at radius 2 is 2.00 bits per heavy atom. The smallest absolute Gasteiger partial charge is 0.307 e. The van der Waals surface area contributed by atoms with E-state index in [1.807, 2.05) is 19.1 Å². The third-order valence-electron chi connectivity index (χ3n) is 4.54. The Labute approximate surface area is 116 Å². The SMILES string of the molecule is Cc1c(NC(=O)C2C3C=CC(C3)C2C(=O)O)cnn1C. The molecule has 1 saturated carbocycles. The molecule has 0 aliphatic heterocycles.